The van der Waals surface area contributed by atoms with Crippen molar-refractivity contribution in [2.75, 3.05) is 18.0 Å². The largest absolute Gasteiger partial charge is 0.478 e. The Morgan fingerprint density at radius 2 is 2.10 bits per heavy atom. The monoisotopic (exact) mass is 292 g/mol. The number of carboxylic acid groups (broad SMARTS) is 1. The van der Waals surface area contributed by atoms with Crippen LogP contribution in [0.5, 0.6) is 0 Å². The minimum absolute atomic E-state index is 0.0364. The highest BCUT2D eigenvalue weighted by molar-refractivity contribution is 5.90. The molecule has 1 heterocycles. The number of nitrogens with zero attached hydrogens (tertiary/aromatic N) is 2. The molecule has 6 heteroatoms. The van der Waals surface area contributed by atoms with E-state index in [4.69, 9.17) is 5.11 Å². The van der Waals surface area contributed by atoms with Crippen molar-refractivity contribution in [3.05, 3.63) is 33.4 Å². The van der Waals surface area contributed by atoms with E-state index in [2.05, 4.69) is 18.7 Å². The summed E-state index contributed by atoms with van der Waals surface area (Å²) in [5.41, 5.74) is 1.15. The van der Waals surface area contributed by atoms with E-state index < -0.39 is 10.9 Å². The van der Waals surface area contributed by atoms with Gasteiger partial charge in [0.1, 0.15) is 0 Å². The predicted octanol–water partition coefficient (Wildman–Crippen LogP) is 3.23. The number of benzene rings is 1. The first-order valence-electron chi connectivity index (χ1n) is 6.98. The summed E-state index contributed by atoms with van der Waals surface area (Å²) in [4.78, 5) is 23.9. The Balaban J connectivity index is 2.51. The highest BCUT2D eigenvalue weighted by atomic mass is 16.6. The van der Waals surface area contributed by atoms with Crippen LogP contribution in [0.2, 0.25) is 0 Å². The number of piperidine rings is 1. The topological polar surface area (TPSA) is 83.7 Å². The van der Waals surface area contributed by atoms with Crippen LogP contribution in [-0.2, 0) is 0 Å². The number of carbonyl (C=O) groups is 1. The molecule has 1 fully saturated rings. The molecule has 0 bridgehead atoms. The smallest absolute Gasteiger partial charge is 0.336 e. The number of carboxylic acids is 1. The van der Waals surface area contributed by atoms with E-state index >= 15 is 0 Å². The van der Waals surface area contributed by atoms with Crippen LogP contribution in [0, 0.1) is 22.5 Å². The molecule has 0 aliphatic carbocycles. The minimum Gasteiger partial charge on any atom is -0.478 e. The first-order valence-corrected chi connectivity index (χ1v) is 6.98. The van der Waals surface area contributed by atoms with Crippen LogP contribution in [0.25, 0.3) is 0 Å². The summed E-state index contributed by atoms with van der Waals surface area (Å²) >= 11 is 0. The number of nitro groups is 1. The van der Waals surface area contributed by atoms with Gasteiger partial charge >= 0.3 is 5.97 Å². The predicted molar refractivity (Wildman–Crippen MR) is 80.0 cm³/mol. The van der Waals surface area contributed by atoms with Crippen molar-refractivity contribution in [2.24, 2.45) is 5.41 Å². The number of hydrogen-bond donors (Lipinski definition) is 1. The standard InChI is InChI=1S/C15H20N2O4/c1-10-12(16-6-4-5-15(2,3)9-16)7-11(14(18)19)8-13(10)17(20)21/h7-8H,4-6,9H2,1-3H3,(H,18,19). The molecule has 6 nitrogen and oxygen atoms in total. The Bertz CT molecular complexity index is 596. The molecule has 21 heavy (non-hydrogen) atoms. The van der Waals surface area contributed by atoms with Crippen LogP contribution in [0.3, 0.4) is 0 Å². The summed E-state index contributed by atoms with van der Waals surface area (Å²) in [7, 11) is 0. The number of aromatic carboxylic acids is 1. The van der Waals surface area contributed by atoms with Gasteiger partial charge in [-0.3, -0.25) is 10.1 Å². The fourth-order valence-electron chi connectivity index (χ4n) is 2.95. The lowest BCUT2D eigenvalue weighted by molar-refractivity contribution is -0.385. The Hall–Kier alpha value is -2.11. The van der Waals surface area contributed by atoms with Gasteiger partial charge in [-0.1, -0.05) is 13.8 Å². The van der Waals surface area contributed by atoms with Gasteiger partial charge in [-0.05, 0) is 31.2 Å². The van der Waals surface area contributed by atoms with Gasteiger partial charge in [-0.15, -0.1) is 0 Å². The SMILES string of the molecule is Cc1c(N2CCCC(C)(C)C2)cc(C(=O)O)cc1[N+](=O)[O-]. The van der Waals surface area contributed by atoms with Crippen LogP contribution in [0.1, 0.15) is 42.6 Å². The summed E-state index contributed by atoms with van der Waals surface area (Å²) in [5, 5.41) is 20.3. The van der Waals surface area contributed by atoms with Crippen LogP contribution >= 0.6 is 0 Å². The molecule has 0 radical (unpaired) electrons. The number of rotatable bonds is 3. The number of hydrogen-bond acceptors (Lipinski definition) is 4. The summed E-state index contributed by atoms with van der Waals surface area (Å²) in [6.07, 6.45) is 2.10. The zero-order valence-corrected chi connectivity index (χ0v) is 12.5. The highest BCUT2D eigenvalue weighted by Crippen LogP contribution is 2.36. The lowest BCUT2D eigenvalue weighted by Gasteiger charge is -2.40. The minimum atomic E-state index is -1.14. The zero-order chi connectivity index (χ0) is 15.8. The second kappa shape index (κ2) is 5.35. The second-order valence-electron chi connectivity index (χ2n) is 6.39. The maximum Gasteiger partial charge on any atom is 0.336 e. The third-order valence-electron chi connectivity index (χ3n) is 4.04. The van der Waals surface area contributed by atoms with Crippen LogP contribution in [0.15, 0.2) is 12.1 Å². The van der Waals surface area contributed by atoms with Gasteiger partial charge in [0.2, 0.25) is 0 Å². The van der Waals surface area contributed by atoms with Crippen LogP contribution < -0.4 is 4.90 Å². The summed E-state index contributed by atoms with van der Waals surface area (Å²) < 4.78 is 0. The molecule has 0 amide bonds. The molecular weight excluding hydrogens is 272 g/mol. The van der Waals surface area contributed by atoms with Crippen molar-refractivity contribution in [1.82, 2.24) is 0 Å². The summed E-state index contributed by atoms with van der Waals surface area (Å²) in [6.45, 7) is 7.56. The molecule has 1 saturated heterocycles. The van der Waals surface area contributed by atoms with E-state index in [0.717, 1.165) is 32.0 Å². The fraction of sp³-hybridized carbons (Fsp3) is 0.533. The zero-order valence-electron chi connectivity index (χ0n) is 12.5. The molecule has 1 aromatic rings. The Labute approximate surface area is 123 Å². The maximum atomic E-state index is 11.2. The molecule has 1 aromatic carbocycles. The van der Waals surface area contributed by atoms with Gasteiger partial charge < -0.3 is 10.0 Å². The van der Waals surface area contributed by atoms with Crippen molar-refractivity contribution < 1.29 is 14.8 Å². The fourth-order valence-corrected chi connectivity index (χ4v) is 2.95. The maximum absolute atomic E-state index is 11.2. The van der Waals surface area contributed by atoms with E-state index in [-0.39, 0.29) is 16.7 Å². The third kappa shape index (κ3) is 3.15. The normalized spacial score (nSPS) is 17.6. The molecule has 114 valence electrons. The molecule has 1 aliphatic rings. The van der Waals surface area contributed by atoms with Crippen molar-refractivity contribution >= 4 is 17.3 Å². The molecular formula is C15H20N2O4. The quantitative estimate of drug-likeness (QED) is 0.683. The van der Waals surface area contributed by atoms with Gasteiger partial charge in [-0.2, -0.15) is 0 Å². The Kier molecular flexibility index (Phi) is 3.89. The van der Waals surface area contributed by atoms with Gasteiger partial charge in [0.25, 0.3) is 5.69 Å². The number of nitro benzene ring substituents is 1. The Morgan fingerprint density at radius 3 is 2.62 bits per heavy atom. The second-order valence-corrected chi connectivity index (χ2v) is 6.39. The molecule has 1 N–H and O–H groups in total. The highest BCUT2D eigenvalue weighted by Gasteiger charge is 2.29. The summed E-state index contributed by atoms with van der Waals surface area (Å²) in [5.74, 6) is -1.14. The van der Waals surface area contributed by atoms with Crippen molar-refractivity contribution in [3.8, 4) is 0 Å². The first-order chi connectivity index (χ1) is 9.71. The molecule has 2 rings (SSSR count). The van der Waals surface area contributed by atoms with Gasteiger partial charge in [0.15, 0.2) is 0 Å². The van der Waals surface area contributed by atoms with E-state index in [1.807, 2.05) is 0 Å². The van der Waals surface area contributed by atoms with Crippen LogP contribution in [-0.4, -0.2) is 29.1 Å². The lowest BCUT2D eigenvalue weighted by atomic mass is 9.83. The molecule has 0 atom stereocenters. The molecule has 0 aromatic heterocycles. The third-order valence-corrected chi connectivity index (χ3v) is 4.04. The lowest BCUT2D eigenvalue weighted by Crippen LogP contribution is -2.40. The molecule has 0 saturated carbocycles. The molecule has 0 unspecified atom stereocenters. The summed E-state index contributed by atoms with van der Waals surface area (Å²) in [6, 6.07) is 2.68. The van der Waals surface area contributed by atoms with E-state index in [1.54, 1.807) is 13.0 Å². The van der Waals surface area contributed by atoms with Crippen LogP contribution in [0.4, 0.5) is 11.4 Å². The van der Waals surface area contributed by atoms with E-state index in [0.29, 0.717) is 11.3 Å². The van der Waals surface area contributed by atoms with E-state index in [1.165, 1.54) is 0 Å². The Morgan fingerprint density at radius 1 is 1.43 bits per heavy atom. The average Bonchev–Trinajstić information content (AvgIpc) is 2.37. The average molecular weight is 292 g/mol. The molecule has 1 aliphatic heterocycles. The van der Waals surface area contributed by atoms with Crippen molar-refractivity contribution in [3.63, 3.8) is 0 Å². The van der Waals surface area contributed by atoms with E-state index in [9.17, 15) is 14.9 Å². The molecule has 0 spiro atoms. The number of anilines is 1. The van der Waals surface area contributed by atoms with Crippen molar-refractivity contribution in [2.45, 2.75) is 33.6 Å². The van der Waals surface area contributed by atoms with Gasteiger partial charge in [0.05, 0.1) is 16.1 Å². The van der Waals surface area contributed by atoms with Crippen molar-refractivity contribution in [1.29, 1.82) is 0 Å². The van der Waals surface area contributed by atoms with Gasteiger partial charge in [-0.25, -0.2) is 4.79 Å². The van der Waals surface area contributed by atoms with Gasteiger partial charge in [0, 0.05) is 24.8 Å². The first kappa shape index (κ1) is 15.3.